The molecule has 1 heterocycles. The third kappa shape index (κ3) is 1.95. The van der Waals surface area contributed by atoms with Crippen LogP contribution in [0.5, 0.6) is 0 Å². The Kier molecular flexibility index (Phi) is 2.69. The average molecular weight is 260 g/mol. The summed E-state index contributed by atoms with van der Waals surface area (Å²) in [5.74, 6) is -0.976. The Morgan fingerprint density at radius 1 is 1.21 bits per heavy atom. The summed E-state index contributed by atoms with van der Waals surface area (Å²) in [6.45, 7) is 0.623. The van der Waals surface area contributed by atoms with Crippen molar-refractivity contribution < 1.29 is 14.7 Å². The Balaban J connectivity index is 1.95. The zero-order valence-electron chi connectivity index (χ0n) is 10.5. The number of carbonyl (C=O) groups is 2. The van der Waals surface area contributed by atoms with Gasteiger partial charge in [-0.2, -0.15) is 0 Å². The van der Waals surface area contributed by atoms with Gasteiger partial charge in [-0.3, -0.25) is 4.79 Å². The van der Waals surface area contributed by atoms with Crippen LogP contribution in [-0.2, 0) is 4.79 Å². The molecule has 1 saturated carbocycles. The van der Waals surface area contributed by atoms with E-state index in [1.54, 1.807) is 12.1 Å². The van der Waals surface area contributed by atoms with Crippen LogP contribution < -0.4 is 10.6 Å². The molecule has 5 heteroatoms. The van der Waals surface area contributed by atoms with E-state index in [-0.39, 0.29) is 16.9 Å². The lowest BCUT2D eigenvalue weighted by Crippen LogP contribution is -2.37. The SMILES string of the molecule is O=C(O)c1ccc2c(c1)NC(=O)C1(CCCC1)CN2. The molecule has 1 fully saturated rings. The van der Waals surface area contributed by atoms with Gasteiger partial charge in [0.25, 0.3) is 0 Å². The molecule has 0 unspecified atom stereocenters. The number of rotatable bonds is 1. The first-order valence-electron chi connectivity index (χ1n) is 6.53. The van der Waals surface area contributed by atoms with E-state index in [1.165, 1.54) is 6.07 Å². The average Bonchev–Trinajstić information content (AvgIpc) is 2.81. The number of carbonyl (C=O) groups excluding carboxylic acids is 1. The number of fused-ring (bicyclic) bond motifs is 1. The van der Waals surface area contributed by atoms with Crippen LogP contribution >= 0.6 is 0 Å². The fourth-order valence-electron chi connectivity index (χ4n) is 2.99. The predicted molar refractivity (Wildman–Crippen MR) is 71.4 cm³/mol. The molecular weight excluding hydrogens is 244 g/mol. The molecule has 0 aromatic heterocycles. The summed E-state index contributed by atoms with van der Waals surface area (Å²) in [6.07, 6.45) is 3.94. The van der Waals surface area contributed by atoms with E-state index < -0.39 is 5.97 Å². The topological polar surface area (TPSA) is 78.4 Å². The molecule has 5 nitrogen and oxygen atoms in total. The van der Waals surface area contributed by atoms with Crippen molar-refractivity contribution in [2.45, 2.75) is 25.7 Å². The van der Waals surface area contributed by atoms with Crippen molar-refractivity contribution >= 4 is 23.3 Å². The maximum absolute atomic E-state index is 12.4. The number of carboxylic acid groups (broad SMARTS) is 1. The molecule has 1 spiro atoms. The first-order valence-corrected chi connectivity index (χ1v) is 6.53. The highest BCUT2D eigenvalue weighted by Gasteiger charge is 2.42. The molecule has 1 aliphatic carbocycles. The van der Waals surface area contributed by atoms with Gasteiger partial charge >= 0.3 is 5.97 Å². The summed E-state index contributed by atoms with van der Waals surface area (Å²) in [7, 11) is 0. The van der Waals surface area contributed by atoms with E-state index in [4.69, 9.17) is 5.11 Å². The minimum absolute atomic E-state index is 0.0128. The zero-order chi connectivity index (χ0) is 13.5. The van der Waals surface area contributed by atoms with Crippen LogP contribution in [0.4, 0.5) is 11.4 Å². The number of benzene rings is 1. The number of hydrogen-bond acceptors (Lipinski definition) is 3. The fraction of sp³-hybridized carbons (Fsp3) is 0.429. The lowest BCUT2D eigenvalue weighted by Gasteiger charge is -2.24. The number of aromatic carboxylic acids is 1. The lowest BCUT2D eigenvalue weighted by molar-refractivity contribution is -0.124. The zero-order valence-corrected chi connectivity index (χ0v) is 10.5. The molecule has 19 heavy (non-hydrogen) atoms. The molecule has 0 radical (unpaired) electrons. The molecule has 0 bridgehead atoms. The smallest absolute Gasteiger partial charge is 0.335 e. The van der Waals surface area contributed by atoms with Gasteiger partial charge in [-0.05, 0) is 31.0 Å². The summed E-state index contributed by atoms with van der Waals surface area (Å²) in [5, 5.41) is 15.2. The molecule has 2 aliphatic rings. The van der Waals surface area contributed by atoms with Gasteiger partial charge in [0.15, 0.2) is 0 Å². The van der Waals surface area contributed by atoms with Crippen LogP contribution in [0.3, 0.4) is 0 Å². The number of amides is 1. The highest BCUT2D eigenvalue weighted by atomic mass is 16.4. The second kappa shape index (κ2) is 4.26. The fourth-order valence-corrected chi connectivity index (χ4v) is 2.99. The first kappa shape index (κ1) is 12.0. The number of nitrogens with one attached hydrogen (secondary N) is 2. The Labute approximate surface area is 111 Å². The van der Waals surface area contributed by atoms with Crippen molar-refractivity contribution in [2.75, 3.05) is 17.2 Å². The van der Waals surface area contributed by atoms with Crippen molar-refractivity contribution in [2.24, 2.45) is 5.41 Å². The molecule has 3 rings (SSSR count). The van der Waals surface area contributed by atoms with Crippen molar-refractivity contribution in [3.05, 3.63) is 23.8 Å². The summed E-state index contributed by atoms with van der Waals surface area (Å²) in [5.41, 5.74) is 1.21. The second-order valence-electron chi connectivity index (χ2n) is 5.36. The van der Waals surface area contributed by atoms with Crippen LogP contribution in [0.1, 0.15) is 36.0 Å². The van der Waals surface area contributed by atoms with Gasteiger partial charge in [0, 0.05) is 6.54 Å². The van der Waals surface area contributed by atoms with Crippen molar-refractivity contribution in [3.8, 4) is 0 Å². The molecule has 1 aromatic carbocycles. The van der Waals surface area contributed by atoms with Crippen LogP contribution in [0.15, 0.2) is 18.2 Å². The van der Waals surface area contributed by atoms with Gasteiger partial charge in [-0.1, -0.05) is 12.8 Å². The highest BCUT2D eigenvalue weighted by molar-refractivity contribution is 6.01. The quantitative estimate of drug-likeness (QED) is 0.724. The Morgan fingerprint density at radius 3 is 2.63 bits per heavy atom. The number of carboxylic acids is 1. The normalized spacial score (nSPS) is 20.3. The van der Waals surface area contributed by atoms with E-state index in [2.05, 4.69) is 10.6 Å². The van der Waals surface area contributed by atoms with Crippen molar-refractivity contribution in [1.82, 2.24) is 0 Å². The Bertz CT molecular complexity index is 548. The number of anilines is 2. The minimum atomic E-state index is -0.989. The minimum Gasteiger partial charge on any atom is -0.478 e. The Morgan fingerprint density at radius 2 is 1.95 bits per heavy atom. The summed E-state index contributed by atoms with van der Waals surface area (Å²) in [4.78, 5) is 23.4. The van der Waals surface area contributed by atoms with Crippen LogP contribution in [-0.4, -0.2) is 23.5 Å². The molecule has 1 aliphatic heterocycles. The van der Waals surface area contributed by atoms with Crippen LogP contribution in [0, 0.1) is 5.41 Å². The van der Waals surface area contributed by atoms with Gasteiger partial charge in [-0.15, -0.1) is 0 Å². The van der Waals surface area contributed by atoms with Crippen LogP contribution in [0.2, 0.25) is 0 Å². The van der Waals surface area contributed by atoms with Gasteiger partial charge in [0.2, 0.25) is 5.91 Å². The maximum atomic E-state index is 12.4. The molecule has 1 amide bonds. The standard InChI is InChI=1S/C14H16N2O3/c17-12(18)9-3-4-10-11(7-9)16-13(19)14(8-15-10)5-1-2-6-14/h3-4,7,15H,1-2,5-6,8H2,(H,16,19)(H,17,18). The monoisotopic (exact) mass is 260 g/mol. The van der Waals surface area contributed by atoms with Gasteiger partial charge < -0.3 is 15.7 Å². The maximum Gasteiger partial charge on any atom is 0.335 e. The Hall–Kier alpha value is -2.04. The van der Waals surface area contributed by atoms with E-state index >= 15 is 0 Å². The second-order valence-corrected chi connectivity index (χ2v) is 5.36. The largest absolute Gasteiger partial charge is 0.478 e. The van der Waals surface area contributed by atoms with Crippen molar-refractivity contribution in [1.29, 1.82) is 0 Å². The third-order valence-corrected chi connectivity index (χ3v) is 4.17. The number of hydrogen-bond donors (Lipinski definition) is 3. The molecule has 0 saturated heterocycles. The molecule has 3 N–H and O–H groups in total. The van der Waals surface area contributed by atoms with E-state index in [0.29, 0.717) is 12.2 Å². The molecular formula is C14H16N2O3. The molecule has 100 valence electrons. The van der Waals surface area contributed by atoms with Crippen LogP contribution in [0.25, 0.3) is 0 Å². The van der Waals surface area contributed by atoms with E-state index in [9.17, 15) is 9.59 Å². The van der Waals surface area contributed by atoms with E-state index in [0.717, 1.165) is 31.4 Å². The highest BCUT2D eigenvalue weighted by Crippen LogP contribution is 2.42. The third-order valence-electron chi connectivity index (χ3n) is 4.17. The van der Waals surface area contributed by atoms with Gasteiger partial charge in [0.05, 0.1) is 22.4 Å². The first-order chi connectivity index (χ1) is 9.11. The summed E-state index contributed by atoms with van der Waals surface area (Å²) >= 11 is 0. The summed E-state index contributed by atoms with van der Waals surface area (Å²) in [6, 6.07) is 4.77. The summed E-state index contributed by atoms with van der Waals surface area (Å²) < 4.78 is 0. The van der Waals surface area contributed by atoms with E-state index in [1.807, 2.05) is 0 Å². The molecule has 0 atom stereocenters. The van der Waals surface area contributed by atoms with Gasteiger partial charge in [0.1, 0.15) is 0 Å². The predicted octanol–water partition coefficient (Wildman–Crippen LogP) is 2.31. The van der Waals surface area contributed by atoms with Crippen molar-refractivity contribution in [3.63, 3.8) is 0 Å². The lowest BCUT2D eigenvalue weighted by atomic mass is 9.85. The van der Waals surface area contributed by atoms with Gasteiger partial charge in [-0.25, -0.2) is 4.79 Å². The molecule has 1 aromatic rings.